The van der Waals surface area contributed by atoms with Crippen molar-refractivity contribution in [3.8, 4) is 0 Å². The summed E-state index contributed by atoms with van der Waals surface area (Å²) in [5, 5.41) is 18.5. The number of carbonyl (C=O) groups is 2. The van der Waals surface area contributed by atoms with Gasteiger partial charge in [0.25, 0.3) is 0 Å². The summed E-state index contributed by atoms with van der Waals surface area (Å²) in [7, 11) is 0. The number of aliphatic hydroxyl groups excluding tert-OH is 1. The van der Waals surface area contributed by atoms with E-state index in [1.165, 1.54) is 0 Å². The van der Waals surface area contributed by atoms with Gasteiger partial charge in [-0.1, -0.05) is 30.3 Å². The van der Waals surface area contributed by atoms with Crippen molar-refractivity contribution >= 4 is 11.9 Å². The first kappa shape index (κ1) is 17.1. The Bertz CT molecular complexity index is 477. The lowest BCUT2D eigenvalue weighted by Crippen LogP contribution is -2.44. The molecule has 21 heavy (non-hydrogen) atoms. The molecule has 0 fully saturated rings. The molecule has 0 spiro atoms. The molecule has 0 radical (unpaired) electrons. The van der Waals surface area contributed by atoms with Gasteiger partial charge in [0, 0.05) is 0 Å². The molecule has 0 aromatic heterocycles. The zero-order valence-electron chi connectivity index (χ0n) is 12.3. The van der Waals surface area contributed by atoms with E-state index in [0.29, 0.717) is 0 Å². The standard InChI is InChI=1S/C15H20O6/c1-15(2,3)21-14(19)12(11(16)13(17)18)20-9-10-7-5-4-6-8-10/h4-8,11-12,16H,9H2,1-3H3,(H,17,18)/t11-,12-/m1/s1. The molecular weight excluding hydrogens is 276 g/mol. The Morgan fingerprint density at radius 1 is 1.19 bits per heavy atom. The van der Waals surface area contributed by atoms with Crippen LogP contribution in [0.25, 0.3) is 0 Å². The third-order valence-corrected chi connectivity index (χ3v) is 2.45. The molecule has 0 saturated heterocycles. The Hall–Kier alpha value is -1.92. The van der Waals surface area contributed by atoms with Crippen molar-refractivity contribution in [1.29, 1.82) is 0 Å². The third-order valence-electron chi connectivity index (χ3n) is 2.45. The predicted molar refractivity (Wildman–Crippen MR) is 74.5 cm³/mol. The molecule has 2 atom stereocenters. The fourth-order valence-electron chi connectivity index (χ4n) is 1.54. The van der Waals surface area contributed by atoms with E-state index in [4.69, 9.17) is 14.6 Å². The maximum absolute atomic E-state index is 12.0. The summed E-state index contributed by atoms with van der Waals surface area (Å²) in [6.45, 7) is 4.93. The van der Waals surface area contributed by atoms with E-state index in [1.54, 1.807) is 45.0 Å². The summed E-state index contributed by atoms with van der Waals surface area (Å²) in [5.74, 6) is -2.45. The van der Waals surface area contributed by atoms with E-state index in [1.807, 2.05) is 6.07 Å². The van der Waals surface area contributed by atoms with Crippen LogP contribution in [0.1, 0.15) is 26.3 Å². The lowest BCUT2D eigenvalue weighted by molar-refractivity contribution is -0.184. The first-order chi connectivity index (χ1) is 9.70. The highest BCUT2D eigenvalue weighted by atomic mass is 16.6. The van der Waals surface area contributed by atoms with Crippen LogP contribution in [0.3, 0.4) is 0 Å². The van der Waals surface area contributed by atoms with Gasteiger partial charge in [-0.15, -0.1) is 0 Å². The van der Waals surface area contributed by atoms with E-state index in [9.17, 15) is 14.7 Å². The highest BCUT2D eigenvalue weighted by molar-refractivity contribution is 5.84. The Morgan fingerprint density at radius 2 is 1.76 bits per heavy atom. The first-order valence-electron chi connectivity index (χ1n) is 6.50. The van der Waals surface area contributed by atoms with Crippen LogP contribution in [-0.4, -0.2) is 40.0 Å². The minimum Gasteiger partial charge on any atom is -0.479 e. The van der Waals surface area contributed by atoms with Gasteiger partial charge in [-0.3, -0.25) is 0 Å². The van der Waals surface area contributed by atoms with Gasteiger partial charge in [0.05, 0.1) is 6.61 Å². The summed E-state index contributed by atoms with van der Waals surface area (Å²) < 4.78 is 10.3. The van der Waals surface area contributed by atoms with Crippen molar-refractivity contribution in [3.05, 3.63) is 35.9 Å². The minimum absolute atomic E-state index is 0.00487. The second-order valence-electron chi connectivity index (χ2n) is 5.53. The van der Waals surface area contributed by atoms with Gasteiger partial charge in [0.1, 0.15) is 5.60 Å². The van der Waals surface area contributed by atoms with E-state index in [2.05, 4.69) is 0 Å². The number of aliphatic hydroxyl groups is 1. The van der Waals surface area contributed by atoms with Crippen LogP contribution in [0.15, 0.2) is 30.3 Å². The molecule has 1 aromatic carbocycles. The summed E-state index contributed by atoms with van der Waals surface area (Å²) >= 11 is 0. The number of rotatable bonds is 6. The molecule has 6 nitrogen and oxygen atoms in total. The molecule has 0 saturated carbocycles. The summed E-state index contributed by atoms with van der Waals surface area (Å²) in [4.78, 5) is 22.8. The van der Waals surface area contributed by atoms with Gasteiger partial charge in [-0.25, -0.2) is 9.59 Å². The Balaban J connectivity index is 2.78. The van der Waals surface area contributed by atoms with E-state index in [-0.39, 0.29) is 6.61 Å². The number of benzene rings is 1. The van der Waals surface area contributed by atoms with Crippen molar-refractivity contribution in [2.45, 2.75) is 45.2 Å². The van der Waals surface area contributed by atoms with E-state index < -0.39 is 29.7 Å². The number of carbonyl (C=O) groups excluding carboxylic acids is 1. The van der Waals surface area contributed by atoms with Crippen LogP contribution < -0.4 is 0 Å². The largest absolute Gasteiger partial charge is 0.479 e. The molecule has 2 N–H and O–H groups in total. The van der Waals surface area contributed by atoms with Crippen molar-refractivity contribution < 1.29 is 29.3 Å². The highest BCUT2D eigenvalue weighted by Crippen LogP contribution is 2.14. The average molecular weight is 296 g/mol. The molecular formula is C15H20O6. The van der Waals surface area contributed by atoms with Gasteiger partial charge < -0.3 is 19.7 Å². The number of carboxylic acids is 1. The summed E-state index contributed by atoms with van der Waals surface area (Å²) in [5.41, 5.74) is -0.0485. The van der Waals surface area contributed by atoms with Gasteiger partial charge in [-0.05, 0) is 26.3 Å². The average Bonchev–Trinajstić information content (AvgIpc) is 2.37. The molecule has 0 aliphatic rings. The molecule has 1 rings (SSSR count). The molecule has 0 heterocycles. The number of carboxylic acid groups (broad SMARTS) is 1. The molecule has 116 valence electrons. The predicted octanol–water partition coefficient (Wildman–Crippen LogP) is 1.36. The maximum Gasteiger partial charge on any atom is 0.339 e. The van der Waals surface area contributed by atoms with Crippen molar-refractivity contribution in [3.63, 3.8) is 0 Å². The van der Waals surface area contributed by atoms with Gasteiger partial charge in [-0.2, -0.15) is 0 Å². The minimum atomic E-state index is -1.98. The van der Waals surface area contributed by atoms with Crippen LogP contribution in [0, 0.1) is 0 Å². The smallest absolute Gasteiger partial charge is 0.339 e. The van der Waals surface area contributed by atoms with Crippen molar-refractivity contribution in [2.75, 3.05) is 0 Å². The fourth-order valence-corrected chi connectivity index (χ4v) is 1.54. The second-order valence-corrected chi connectivity index (χ2v) is 5.53. The Labute approximate surface area is 123 Å². The molecule has 0 bridgehead atoms. The molecule has 0 unspecified atom stereocenters. The summed E-state index contributed by atoms with van der Waals surface area (Å²) in [6.07, 6.45) is -3.56. The first-order valence-corrected chi connectivity index (χ1v) is 6.50. The number of hydrogen-bond acceptors (Lipinski definition) is 5. The molecule has 6 heteroatoms. The normalized spacial score (nSPS) is 14.3. The SMILES string of the molecule is CC(C)(C)OC(=O)[C@H](OCc1ccccc1)[C@@H](O)C(=O)O. The number of hydrogen-bond donors (Lipinski definition) is 2. The van der Waals surface area contributed by atoms with Crippen LogP contribution >= 0.6 is 0 Å². The third kappa shape index (κ3) is 5.93. The van der Waals surface area contributed by atoms with Crippen molar-refractivity contribution in [1.82, 2.24) is 0 Å². The molecule has 0 amide bonds. The fraction of sp³-hybridized carbons (Fsp3) is 0.467. The maximum atomic E-state index is 12.0. The lowest BCUT2D eigenvalue weighted by atomic mass is 10.1. The molecule has 1 aromatic rings. The zero-order chi connectivity index (χ0) is 16.0. The number of ether oxygens (including phenoxy) is 2. The highest BCUT2D eigenvalue weighted by Gasteiger charge is 2.36. The van der Waals surface area contributed by atoms with E-state index in [0.717, 1.165) is 5.56 Å². The topological polar surface area (TPSA) is 93.1 Å². The second kappa shape index (κ2) is 7.19. The quantitative estimate of drug-likeness (QED) is 0.770. The van der Waals surface area contributed by atoms with E-state index >= 15 is 0 Å². The van der Waals surface area contributed by atoms with Crippen molar-refractivity contribution in [2.24, 2.45) is 0 Å². The van der Waals surface area contributed by atoms with Crippen LogP contribution in [0.4, 0.5) is 0 Å². The zero-order valence-corrected chi connectivity index (χ0v) is 12.3. The summed E-state index contributed by atoms with van der Waals surface area (Å²) in [6, 6.07) is 8.92. The monoisotopic (exact) mass is 296 g/mol. The Morgan fingerprint density at radius 3 is 2.24 bits per heavy atom. The number of aliphatic carboxylic acids is 1. The molecule has 0 aliphatic carbocycles. The van der Waals surface area contributed by atoms with Gasteiger partial charge in [0.15, 0.2) is 12.2 Å². The van der Waals surface area contributed by atoms with Gasteiger partial charge in [0.2, 0.25) is 0 Å². The van der Waals surface area contributed by atoms with Crippen LogP contribution in [0.5, 0.6) is 0 Å². The number of esters is 1. The Kier molecular flexibility index (Phi) is 5.87. The lowest BCUT2D eigenvalue weighted by Gasteiger charge is -2.25. The van der Waals surface area contributed by atoms with Crippen LogP contribution in [-0.2, 0) is 25.7 Å². The van der Waals surface area contributed by atoms with Gasteiger partial charge >= 0.3 is 11.9 Å². The van der Waals surface area contributed by atoms with Crippen LogP contribution in [0.2, 0.25) is 0 Å². The molecule has 0 aliphatic heterocycles.